The maximum atomic E-state index is 9.53. The lowest BCUT2D eigenvalue weighted by Crippen LogP contribution is -2.79. The van der Waals surface area contributed by atoms with Crippen LogP contribution in [0.3, 0.4) is 0 Å². The Bertz CT molecular complexity index is 244. The van der Waals surface area contributed by atoms with E-state index in [-0.39, 0.29) is 0 Å². The fraction of sp³-hybridized carbons (Fsp3) is 0.333. The Balaban J connectivity index is 0.000000262. The van der Waals surface area contributed by atoms with Gasteiger partial charge in [0.1, 0.15) is 6.61 Å². The van der Waals surface area contributed by atoms with Crippen molar-refractivity contribution in [2.45, 2.75) is 6.92 Å². The highest BCUT2D eigenvalue weighted by Gasteiger charge is 1.83. The molecule has 4 N–H and O–H groups in total. The molecular formula is C9H16N3O3+. The molecule has 0 bridgehead atoms. The third-order valence-electron chi connectivity index (χ3n) is 1.33. The Kier molecular flexibility index (Phi) is 9.52. The number of carbonyl (C=O) groups excluding carboxylic acids is 1. The summed E-state index contributed by atoms with van der Waals surface area (Å²) in [5.74, 6) is 0. The standard InChI is InChI=1S/C6H7N.C3H8N2O3/c1-6-3-2-4-7-5-6;6-3-4-1-2-8-5-7/h2-5H,1H3;3,7H,1-2,5H2/p+1. The molecule has 0 spiro atoms. The summed E-state index contributed by atoms with van der Waals surface area (Å²) in [6, 6.07) is 3.95. The number of carbonyl (C=O) groups is 1. The fourth-order valence-electron chi connectivity index (χ4n) is 0.678. The molecule has 84 valence electrons. The molecule has 0 saturated carbocycles. The van der Waals surface area contributed by atoms with Crippen LogP contribution in [0.25, 0.3) is 0 Å². The molecule has 0 fully saturated rings. The number of hydrogen-bond acceptors (Lipinski definition) is 4. The molecule has 0 aliphatic heterocycles. The number of quaternary nitrogens is 1. The van der Waals surface area contributed by atoms with Crippen LogP contribution in [0, 0.1) is 6.92 Å². The van der Waals surface area contributed by atoms with Crippen LogP contribution in [-0.4, -0.2) is 29.8 Å². The van der Waals surface area contributed by atoms with Crippen molar-refractivity contribution in [2.75, 3.05) is 13.2 Å². The van der Waals surface area contributed by atoms with Crippen LogP contribution in [-0.2, 0) is 9.63 Å². The lowest BCUT2D eigenvalue weighted by Gasteiger charge is -1.92. The largest absolute Gasteiger partial charge is 0.356 e. The number of aromatic nitrogens is 1. The summed E-state index contributed by atoms with van der Waals surface area (Å²) in [6.07, 6.45) is 4.17. The van der Waals surface area contributed by atoms with Gasteiger partial charge in [0.25, 0.3) is 0 Å². The molecule has 0 radical (unpaired) electrons. The normalized spacial score (nSPS) is 8.67. The number of aryl methyl sites for hydroxylation is 1. The number of rotatable bonds is 5. The first kappa shape index (κ1) is 13.5. The van der Waals surface area contributed by atoms with Crippen molar-refractivity contribution in [3.8, 4) is 0 Å². The van der Waals surface area contributed by atoms with Crippen molar-refractivity contribution >= 4 is 6.41 Å². The number of nitrogens with zero attached hydrogens (tertiary/aromatic N) is 1. The summed E-state index contributed by atoms with van der Waals surface area (Å²) in [6.45, 7) is 2.74. The molecule has 0 aliphatic carbocycles. The molecule has 0 atom stereocenters. The summed E-state index contributed by atoms with van der Waals surface area (Å²) >= 11 is 0. The van der Waals surface area contributed by atoms with Crippen molar-refractivity contribution < 1.29 is 20.5 Å². The molecule has 0 unspecified atom stereocenters. The molecule has 0 aromatic carbocycles. The van der Waals surface area contributed by atoms with Crippen LogP contribution in [0.15, 0.2) is 24.5 Å². The first-order valence-corrected chi connectivity index (χ1v) is 4.42. The first-order chi connectivity index (χ1) is 7.31. The average Bonchev–Trinajstić information content (AvgIpc) is 2.27. The number of amides is 1. The number of pyridine rings is 1. The van der Waals surface area contributed by atoms with Crippen molar-refractivity contribution in [1.29, 1.82) is 0 Å². The molecule has 0 saturated heterocycles. The quantitative estimate of drug-likeness (QED) is 0.333. The maximum absolute atomic E-state index is 9.53. The summed E-state index contributed by atoms with van der Waals surface area (Å²) in [5, 5.41) is 10.2. The maximum Gasteiger partial charge on any atom is 0.207 e. The van der Waals surface area contributed by atoms with E-state index in [4.69, 9.17) is 5.21 Å². The van der Waals surface area contributed by atoms with Gasteiger partial charge in [-0.3, -0.25) is 9.78 Å². The molecule has 6 heteroatoms. The van der Waals surface area contributed by atoms with Gasteiger partial charge < -0.3 is 5.32 Å². The van der Waals surface area contributed by atoms with E-state index in [0.717, 1.165) is 0 Å². The van der Waals surface area contributed by atoms with Gasteiger partial charge in [0, 0.05) is 18.9 Å². The van der Waals surface area contributed by atoms with Gasteiger partial charge in [0.15, 0.2) is 0 Å². The molecule has 1 amide bonds. The zero-order valence-electron chi connectivity index (χ0n) is 8.59. The smallest absolute Gasteiger partial charge is 0.207 e. The van der Waals surface area contributed by atoms with E-state index in [9.17, 15) is 4.79 Å². The van der Waals surface area contributed by atoms with E-state index in [2.05, 4.69) is 15.1 Å². The third kappa shape index (κ3) is 10.4. The highest BCUT2D eigenvalue weighted by molar-refractivity contribution is 5.45. The van der Waals surface area contributed by atoms with Gasteiger partial charge in [0.05, 0.1) is 0 Å². The van der Waals surface area contributed by atoms with Crippen LogP contribution >= 0.6 is 0 Å². The highest BCUT2D eigenvalue weighted by Crippen LogP contribution is 1.88. The van der Waals surface area contributed by atoms with Crippen LogP contribution in [0.2, 0.25) is 0 Å². The molecule has 1 aromatic heterocycles. The van der Waals surface area contributed by atoms with E-state index in [1.54, 1.807) is 6.20 Å². The van der Waals surface area contributed by atoms with Gasteiger partial charge in [-0.1, -0.05) is 11.7 Å². The van der Waals surface area contributed by atoms with Crippen molar-refractivity contribution in [3.63, 3.8) is 0 Å². The van der Waals surface area contributed by atoms with E-state index in [1.165, 1.54) is 5.56 Å². The first-order valence-electron chi connectivity index (χ1n) is 4.42. The fourth-order valence-corrected chi connectivity index (χ4v) is 0.678. The Hall–Kier alpha value is -1.50. The Morgan fingerprint density at radius 1 is 1.73 bits per heavy atom. The van der Waals surface area contributed by atoms with Crippen LogP contribution < -0.4 is 11.0 Å². The van der Waals surface area contributed by atoms with Crippen molar-refractivity contribution in [2.24, 2.45) is 0 Å². The summed E-state index contributed by atoms with van der Waals surface area (Å²) in [7, 11) is 0. The minimum atomic E-state index is 0.301. The molecule has 15 heavy (non-hydrogen) atoms. The lowest BCUT2D eigenvalue weighted by atomic mass is 10.3. The van der Waals surface area contributed by atoms with Gasteiger partial charge >= 0.3 is 0 Å². The monoisotopic (exact) mass is 214 g/mol. The van der Waals surface area contributed by atoms with Crippen LogP contribution in [0.4, 0.5) is 0 Å². The van der Waals surface area contributed by atoms with E-state index in [0.29, 0.717) is 25.2 Å². The lowest BCUT2D eigenvalue weighted by molar-refractivity contribution is -1.06. The summed E-state index contributed by atoms with van der Waals surface area (Å²) < 4.78 is 0. The predicted molar refractivity (Wildman–Crippen MR) is 52.7 cm³/mol. The molecule has 0 aliphatic rings. The van der Waals surface area contributed by atoms with Crippen molar-refractivity contribution in [1.82, 2.24) is 10.3 Å². The minimum Gasteiger partial charge on any atom is -0.356 e. The minimum absolute atomic E-state index is 0.301. The van der Waals surface area contributed by atoms with Gasteiger partial charge in [0.2, 0.25) is 6.41 Å². The van der Waals surface area contributed by atoms with E-state index < -0.39 is 0 Å². The predicted octanol–water partition coefficient (Wildman–Crippen LogP) is -0.993. The number of nitrogens with two attached hydrogens (primary N) is 1. The second-order valence-corrected chi connectivity index (χ2v) is 2.58. The Morgan fingerprint density at radius 2 is 2.53 bits per heavy atom. The molecule has 1 rings (SSSR count). The highest BCUT2D eigenvalue weighted by atomic mass is 16.8. The molecular weight excluding hydrogens is 198 g/mol. The molecule has 1 aromatic rings. The van der Waals surface area contributed by atoms with Crippen LogP contribution in [0.1, 0.15) is 5.56 Å². The van der Waals surface area contributed by atoms with E-state index >= 15 is 0 Å². The molecule has 6 nitrogen and oxygen atoms in total. The van der Waals surface area contributed by atoms with Crippen molar-refractivity contribution in [3.05, 3.63) is 30.1 Å². The average molecular weight is 214 g/mol. The second-order valence-electron chi connectivity index (χ2n) is 2.58. The topological polar surface area (TPSA) is 88.1 Å². The van der Waals surface area contributed by atoms with E-state index in [1.807, 2.05) is 25.3 Å². The van der Waals surface area contributed by atoms with Gasteiger partial charge in [-0.15, -0.1) is 0 Å². The Labute approximate surface area is 88.2 Å². The zero-order chi connectivity index (χ0) is 11.4. The van der Waals surface area contributed by atoms with Gasteiger partial charge in [-0.25, -0.2) is 0 Å². The number of hydrogen-bond donors (Lipinski definition) is 3. The second kappa shape index (κ2) is 10.6. The SMILES string of the molecule is Cc1cccnc1.O=CNCCO[NH2+]O. The Morgan fingerprint density at radius 3 is 2.93 bits per heavy atom. The third-order valence-corrected chi connectivity index (χ3v) is 1.33. The van der Waals surface area contributed by atoms with Gasteiger partial charge in [-0.2, -0.15) is 10.0 Å². The molecule has 1 heterocycles. The number of nitrogens with one attached hydrogen (secondary N) is 1. The summed E-state index contributed by atoms with van der Waals surface area (Å²) in [5.41, 5.74) is 1.80. The zero-order valence-corrected chi connectivity index (χ0v) is 8.59. The summed E-state index contributed by atoms with van der Waals surface area (Å²) in [4.78, 5) is 17.8. The van der Waals surface area contributed by atoms with Crippen LogP contribution in [0.5, 0.6) is 0 Å². The van der Waals surface area contributed by atoms with Gasteiger partial charge in [-0.05, 0) is 18.6 Å².